The quantitative estimate of drug-likeness (QED) is 0.729. The van der Waals surface area contributed by atoms with Crippen molar-refractivity contribution in [1.82, 2.24) is 0 Å². The molecule has 0 amide bonds. The Bertz CT molecular complexity index is 1050. The minimum absolute atomic E-state index is 0.0181. The number of nitrogens with zero attached hydrogens (tertiary/aromatic N) is 1. The summed E-state index contributed by atoms with van der Waals surface area (Å²) in [6, 6.07) is 9.77. The smallest absolute Gasteiger partial charge is 0.265 e. The van der Waals surface area contributed by atoms with Crippen molar-refractivity contribution in [2.45, 2.75) is 29.6 Å². The summed E-state index contributed by atoms with van der Waals surface area (Å²) in [7, 11) is -7.38. The van der Waals surface area contributed by atoms with Crippen LogP contribution in [-0.2, 0) is 26.3 Å². The number of aryl methyl sites for hydroxylation is 2. The van der Waals surface area contributed by atoms with Crippen molar-refractivity contribution in [3.8, 4) is 0 Å². The number of sulfonamides is 1. The average molecular weight is 444 g/mol. The van der Waals surface area contributed by atoms with Gasteiger partial charge in [0.25, 0.3) is 10.0 Å². The molecule has 0 aromatic heterocycles. The summed E-state index contributed by atoms with van der Waals surface area (Å²) in [6.45, 7) is 2.34. The number of fused-ring (bicyclic) bond motifs is 1. The number of rotatable bonds is 3. The van der Waals surface area contributed by atoms with Gasteiger partial charge < -0.3 is 0 Å². The van der Waals surface area contributed by atoms with Crippen LogP contribution in [0.25, 0.3) is 0 Å². The zero-order valence-electron chi connectivity index (χ0n) is 13.9. The molecular weight excluding hydrogens is 426 g/mol. The lowest BCUT2D eigenvalue weighted by atomic mass is 10.0. The number of hydrogen-bond acceptors (Lipinski definition) is 4. The summed E-state index contributed by atoms with van der Waals surface area (Å²) in [4.78, 5) is -0.0562. The third-order valence-electron chi connectivity index (χ3n) is 4.21. The lowest BCUT2D eigenvalue weighted by Gasteiger charge is -2.31. The summed E-state index contributed by atoms with van der Waals surface area (Å²) in [5, 5.41) is 0. The Labute approximate surface area is 156 Å². The van der Waals surface area contributed by atoms with Crippen molar-refractivity contribution in [2.75, 3.05) is 17.1 Å². The van der Waals surface area contributed by atoms with Crippen LogP contribution in [0.2, 0.25) is 0 Å². The van der Waals surface area contributed by atoms with Crippen LogP contribution >= 0.6 is 15.9 Å². The number of anilines is 1. The summed E-state index contributed by atoms with van der Waals surface area (Å²) in [5.41, 5.74) is 2.73. The molecule has 1 heterocycles. The normalized spacial score (nSPS) is 15.1. The molecular formula is C17H18BrNO4S2. The molecule has 1 aliphatic rings. The predicted octanol–water partition coefficient (Wildman–Crippen LogP) is 3.30. The molecule has 3 rings (SSSR count). The second-order valence-electron chi connectivity index (χ2n) is 6.18. The Morgan fingerprint density at radius 2 is 1.76 bits per heavy atom. The number of halogens is 1. The number of hydrogen-bond donors (Lipinski definition) is 0. The van der Waals surface area contributed by atoms with Gasteiger partial charge in [0, 0.05) is 17.3 Å². The highest BCUT2D eigenvalue weighted by Gasteiger charge is 2.31. The maximum Gasteiger partial charge on any atom is 0.265 e. The SMILES string of the molecule is Cc1ccc2c(c1)CCCN2S(=O)(=O)c1cc(S(C)(=O)=O)ccc1Br. The molecule has 134 valence electrons. The highest BCUT2D eigenvalue weighted by atomic mass is 79.9. The molecule has 0 fully saturated rings. The first kappa shape index (κ1) is 18.4. The van der Waals surface area contributed by atoms with Crippen LogP contribution in [0.3, 0.4) is 0 Å². The highest BCUT2D eigenvalue weighted by molar-refractivity contribution is 9.10. The van der Waals surface area contributed by atoms with E-state index in [9.17, 15) is 16.8 Å². The van der Waals surface area contributed by atoms with Crippen LogP contribution < -0.4 is 4.31 Å². The van der Waals surface area contributed by atoms with Crippen LogP contribution in [0.15, 0.2) is 50.7 Å². The van der Waals surface area contributed by atoms with Gasteiger partial charge in [-0.1, -0.05) is 17.7 Å². The van der Waals surface area contributed by atoms with E-state index in [2.05, 4.69) is 15.9 Å². The van der Waals surface area contributed by atoms with Crippen molar-refractivity contribution >= 4 is 41.5 Å². The highest BCUT2D eigenvalue weighted by Crippen LogP contribution is 2.35. The van der Waals surface area contributed by atoms with Gasteiger partial charge in [-0.05, 0) is 65.5 Å². The molecule has 0 saturated carbocycles. The summed E-state index contributed by atoms with van der Waals surface area (Å²) in [5.74, 6) is 0. The molecule has 25 heavy (non-hydrogen) atoms. The first-order chi connectivity index (χ1) is 11.6. The largest absolute Gasteiger partial charge is 0.266 e. The third-order valence-corrected chi connectivity index (χ3v) is 8.13. The van der Waals surface area contributed by atoms with E-state index in [0.717, 1.165) is 30.2 Å². The van der Waals surface area contributed by atoms with Crippen LogP contribution in [0, 0.1) is 6.92 Å². The molecule has 2 aromatic carbocycles. The fourth-order valence-electron chi connectivity index (χ4n) is 2.97. The van der Waals surface area contributed by atoms with Gasteiger partial charge in [-0.2, -0.15) is 0 Å². The number of sulfone groups is 1. The first-order valence-electron chi connectivity index (χ1n) is 7.72. The Morgan fingerprint density at radius 3 is 2.44 bits per heavy atom. The predicted molar refractivity (Wildman–Crippen MR) is 101 cm³/mol. The van der Waals surface area contributed by atoms with Gasteiger partial charge in [0.05, 0.1) is 10.6 Å². The van der Waals surface area contributed by atoms with E-state index in [1.807, 2.05) is 25.1 Å². The van der Waals surface area contributed by atoms with E-state index >= 15 is 0 Å². The maximum atomic E-state index is 13.2. The van der Waals surface area contributed by atoms with E-state index < -0.39 is 19.9 Å². The van der Waals surface area contributed by atoms with E-state index in [-0.39, 0.29) is 9.79 Å². The van der Waals surface area contributed by atoms with E-state index in [4.69, 9.17) is 0 Å². The summed E-state index contributed by atoms with van der Waals surface area (Å²) in [6.07, 6.45) is 2.61. The van der Waals surface area contributed by atoms with Gasteiger partial charge in [-0.3, -0.25) is 4.31 Å². The molecule has 0 bridgehead atoms. The third kappa shape index (κ3) is 3.47. The van der Waals surface area contributed by atoms with Crippen molar-refractivity contribution in [3.63, 3.8) is 0 Å². The second kappa shape index (κ2) is 6.41. The maximum absolute atomic E-state index is 13.2. The standard InChI is InChI=1S/C17H18BrNO4S2/c1-12-5-8-16-13(10-12)4-3-9-19(16)25(22,23)17-11-14(24(2,20)21)6-7-15(17)18/h5-8,10-11H,3-4,9H2,1-2H3. The lowest BCUT2D eigenvalue weighted by molar-refractivity contribution is 0.585. The summed E-state index contributed by atoms with van der Waals surface area (Å²) >= 11 is 3.25. The molecule has 5 nitrogen and oxygen atoms in total. The Kier molecular flexibility index (Phi) is 4.72. The van der Waals surface area contributed by atoms with Gasteiger partial charge in [0.15, 0.2) is 9.84 Å². The zero-order valence-corrected chi connectivity index (χ0v) is 17.1. The van der Waals surface area contributed by atoms with E-state index in [1.165, 1.54) is 22.5 Å². The second-order valence-corrected chi connectivity index (χ2v) is 10.9. The van der Waals surface area contributed by atoms with Gasteiger partial charge in [0.2, 0.25) is 0 Å². The molecule has 1 aliphatic heterocycles. The molecule has 0 N–H and O–H groups in total. The molecule has 0 spiro atoms. The monoisotopic (exact) mass is 443 g/mol. The van der Waals surface area contributed by atoms with Gasteiger partial charge in [-0.15, -0.1) is 0 Å². The van der Waals surface area contributed by atoms with Crippen molar-refractivity contribution in [3.05, 3.63) is 52.0 Å². The molecule has 8 heteroatoms. The minimum atomic E-state index is -3.88. The molecule has 0 unspecified atom stereocenters. The van der Waals surface area contributed by atoms with Crippen LogP contribution in [0.1, 0.15) is 17.5 Å². The molecule has 2 aromatic rings. The van der Waals surface area contributed by atoms with Crippen molar-refractivity contribution in [2.24, 2.45) is 0 Å². The average Bonchev–Trinajstić information content (AvgIpc) is 2.53. The lowest BCUT2D eigenvalue weighted by Crippen LogP contribution is -2.35. The van der Waals surface area contributed by atoms with E-state index in [0.29, 0.717) is 16.7 Å². The van der Waals surface area contributed by atoms with Gasteiger partial charge in [-0.25, -0.2) is 16.8 Å². The molecule has 0 atom stereocenters. The van der Waals surface area contributed by atoms with Crippen LogP contribution in [0.5, 0.6) is 0 Å². The van der Waals surface area contributed by atoms with Crippen molar-refractivity contribution in [1.29, 1.82) is 0 Å². The van der Waals surface area contributed by atoms with Crippen molar-refractivity contribution < 1.29 is 16.8 Å². The van der Waals surface area contributed by atoms with Gasteiger partial charge >= 0.3 is 0 Å². The fraction of sp³-hybridized carbons (Fsp3) is 0.294. The summed E-state index contributed by atoms with van der Waals surface area (Å²) < 4.78 is 51.8. The number of benzene rings is 2. The molecule has 0 saturated heterocycles. The van der Waals surface area contributed by atoms with Gasteiger partial charge in [0.1, 0.15) is 4.90 Å². The van der Waals surface area contributed by atoms with E-state index in [1.54, 1.807) is 0 Å². The fourth-order valence-corrected chi connectivity index (χ4v) is 6.19. The molecule has 0 aliphatic carbocycles. The topological polar surface area (TPSA) is 71.5 Å². The van der Waals surface area contributed by atoms with Crippen LogP contribution in [-0.4, -0.2) is 29.6 Å². The Morgan fingerprint density at radius 1 is 1.04 bits per heavy atom. The Balaban J connectivity index is 2.16. The molecule has 0 radical (unpaired) electrons. The minimum Gasteiger partial charge on any atom is -0.266 e. The van der Waals surface area contributed by atoms with Crippen LogP contribution in [0.4, 0.5) is 5.69 Å². The zero-order chi connectivity index (χ0) is 18.4. The Hall–Kier alpha value is -1.38. The first-order valence-corrected chi connectivity index (χ1v) is 11.8.